The fraction of sp³-hybridized carbons (Fsp3) is 0.167. The van der Waals surface area contributed by atoms with Crippen LogP contribution in [-0.4, -0.2) is 19.3 Å². The van der Waals surface area contributed by atoms with Gasteiger partial charge in [-0.05, 0) is 31.2 Å². The van der Waals surface area contributed by atoms with Crippen molar-refractivity contribution in [2.24, 2.45) is 5.14 Å². The van der Waals surface area contributed by atoms with Gasteiger partial charge in [-0.25, -0.2) is 13.6 Å². The highest BCUT2D eigenvalue weighted by atomic mass is 32.2. The van der Waals surface area contributed by atoms with E-state index >= 15 is 0 Å². The number of thiophene rings is 1. The number of carbonyl (C=O) groups is 1. The Bertz CT molecular complexity index is 738. The van der Waals surface area contributed by atoms with Gasteiger partial charge < -0.3 is 5.32 Å². The van der Waals surface area contributed by atoms with Gasteiger partial charge in [-0.3, -0.25) is 9.78 Å². The maximum absolute atomic E-state index is 12.0. The number of aromatic nitrogens is 1. The van der Waals surface area contributed by atoms with Crippen molar-refractivity contribution in [3.63, 3.8) is 0 Å². The Kier molecular flexibility index (Phi) is 4.17. The number of nitrogens with two attached hydrogens (primary N) is 1. The van der Waals surface area contributed by atoms with Gasteiger partial charge in [0.05, 0.1) is 12.1 Å². The van der Waals surface area contributed by atoms with Crippen LogP contribution in [-0.2, 0) is 16.6 Å². The number of aryl methyl sites for hydroxylation is 1. The molecule has 0 atom stereocenters. The molecule has 20 heavy (non-hydrogen) atoms. The largest absolute Gasteiger partial charge is 0.347 e. The van der Waals surface area contributed by atoms with E-state index < -0.39 is 10.0 Å². The predicted molar refractivity (Wildman–Crippen MR) is 75.8 cm³/mol. The van der Waals surface area contributed by atoms with E-state index in [9.17, 15) is 13.2 Å². The Balaban J connectivity index is 2.04. The van der Waals surface area contributed by atoms with Gasteiger partial charge in [0.25, 0.3) is 5.91 Å². The number of carbonyl (C=O) groups excluding carboxylic acids is 1. The molecule has 0 aromatic carbocycles. The minimum Gasteiger partial charge on any atom is -0.347 e. The lowest BCUT2D eigenvalue weighted by atomic mass is 10.2. The molecule has 106 valence electrons. The average Bonchev–Trinajstić information content (AvgIpc) is 2.85. The van der Waals surface area contributed by atoms with Gasteiger partial charge in [0.2, 0.25) is 10.0 Å². The van der Waals surface area contributed by atoms with Crippen molar-refractivity contribution >= 4 is 27.3 Å². The Morgan fingerprint density at radius 2 is 2.15 bits per heavy atom. The fourth-order valence-electron chi connectivity index (χ4n) is 1.59. The van der Waals surface area contributed by atoms with E-state index in [4.69, 9.17) is 5.14 Å². The molecule has 0 aliphatic carbocycles. The molecule has 0 spiro atoms. The summed E-state index contributed by atoms with van der Waals surface area (Å²) >= 11 is 1.04. The SMILES string of the molecule is Cc1ncccc1C(=O)NCc1ccc(S(N)(=O)=O)s1. The smallest absolute Gasteiger partial charge is 0.253 e. The van der Waals surface area contributed by atoms with Crippen molar-refractivity contribution < 1.29 is 13.2 Å². The van der Waals surface area contributed by atoms with Gasteiger partial charge in [-0.1, -0.05) is 0 Å². The van der Waals surface area contributed by atoms with E-state index in [0.717, 1.165) is 11.3 Å². The summed E-state index contributed by atoms with van der Waals surface area (Å²) in [6, 6.07) is 6.42. The number of nitrogens with zero attached hydrogens (tertiary/aromatic N) is 1. The zero-order chi connectivity index (χ0) is 14.8. The molecule has 8 heteroatoms. The number of sulfonamides is 1. The molecular weight excluding hydrogens is 298 g/mol. The summed E-state index contributed by atoms with van der Waals surface area (Å²) in [6.07, 6.45) is 1.61. The first kappa shape index (κ1) is 14.6. The van der Waals surface area contributed by atoms with Crippen molar-refractivity contribution in [2.45, 2.75) is 17.7 Å². The van der Waals surface area contributed by atoms with Crippen molar-refractivity contribution in [2.75, 3.05) is 0 Å². The maximum Gasteiger partial charge on any atom is 0.253 e. The van der Waals surface area contributed by atoms with Crippen LogP contribution in [0.1, 0.15) is 20.9 Å². The summed E-state index contributed by atoms with van der Waals surface area (Å²) in [5, 5.41) is 7.74. The Morgan fingerprint density at radius 3 is 2.75 bits per heavy atom. The van der Waals surface area contributed by atoms with Crippen LogP contribution in [0.4, 0.5) is 0 Å². The molecule has 0 fully saturated rings. The highest BCUT2D eigenvalue weighted by Crippen LogP contribution is 2.20. The summed E-state index contributed by atoms with van der Waals surface area (Å²) in [5.41, 5.74) is 1.14. The van der Waals surface area contributed by atoms with Gasteiger partial charge in [0, 0.05) is 16.8 Å². The van der Waals surface area contributed by atoms with Crippen LogP contribution in [0.2, 0.25) is 0 Å². The minimum absolute atomic E-state index is 0.0827. The Labute approximate surface area is 120 Å². The Hall–Kier alpha value is -1.77. The lowest BCUT2D eigenvalue weighted by Crippen LogP contribution is -2.23. The number of amides is 1. The number of primary sulfonamides is 1. The Morgan fingerprint density at radius 1 is 1.40 bits per heavy atom. The molecule has 0 saturated heterocycles. The quantitative estimate of drug-likeness (QED) is 0.880. The molecule has 2 aromatic rings. The second-order valence-electron chi connectivity index (χ2n) is 4.08. The van der Waals surface area contributed by atoms with Crippen molar-refractivity contribution in [1.82, 2.24) is 10.3 Å². The lowest BCUT2D eigenvalue weighted by molar-refractivity contribution is 0.0950. The van der Waals surface area contributed by atoms with Crippen LogP contribution in [0.15, 0.2) is 34.7 Å². The number of rotatable bonds is 4. The molecule has 0 bridgehead atoms. The molecule has 2 aromatic heterocycles. The summed E-state index contributed by atoms with van der Waals surface area (Å²) in [5.74, 6) is -0.249. The lowest BCUT2D eigenvalue weighted by Gasteiger charge is -2.05. The van der Waals surface area contributed by atoms with Gasteiger partial charge in [0.1, 0.15) is 4.21 Å². The first-order valence-electron chi connectivity index (χ1n) is 5.69. The number of nitrogens with one attached hydrogen (secondary N) is 1. The zero-order valence-corrected chi connectivity index (χ0v) is 12.3. The normalized spacial score (nSPS) is 11.3. The van der Waals surface area contributed by atoms with Gasteiger partial charge in [-0.15, -0.1) is 11.3 Å². The van der Waals surface area contributed by atoms with Gasteiger partial charge in [-0.2, -0.15) is 0 Å². The van der Waals surface area contributed by atoms with E-state index in [2.05, 4.69) is 10.3 Å². The number of hydrogen-bond acceptors (Lipinski definition) is 5. The van der Waals surface area contributed by atoms with Crippen molar-refractivity contribution in [3.05, 3.63) is 46.6 Å². The molecule has 2 rings (SSSR count). The van der Waals surface area contributed by atoms with Crippen LogP contribution in [0.5, 0.6) is 0 Å². The summed E-state index contributed by atoms with van der Waals surface area (Å²) in [7, 11) is -3.68. The summed E-state index contributed by atoms with van der Waals surface area (Å²) in [6.45, 7) is 1.99. The molecule has 0 saturated carbocycles. The third kappa shape index (κ3) is 3.41. The fourth-order valence-corrected chi connectivity index (χ4v) is 3.31. The van der Waals surface area contributed by atoms with E-state index in [-0.39, 0.29) is 16.7 Å². The third-order valence-electron chi connectivity index (χ3n) is 2.59. The zero-order valence-electron chi connectivity index (χ0n) is 10.7. The third-order valence-corrected chi connectivity index (χ3v) is 5.12. The number of hydrogen-bond donors (Lipinski definition) is 2. The highest BCUT2D eigenvalue weighted by molar-refractivity contribution is 7.91. The molecule has 2 heterocycles. The van der Waals surface area contributed by atoms with Crippen molar-refractivity contribution in [1.29, 1.82) is 0 Å². The molecule has 3 N–H and O–H groups in total. The van der Waals surface area contributed by atoms with E-state index in [1.807, 2.05) is 0 Å². The van der Waals surface area contributed by atoms with Crippen LogP contribution in [0.3, 0.4) is 0 Å². The summed E-state index contributed by atoms with van der Waals surface area (Å²) in [4.78, 5) is 16.7. The van der Waals surface area contributed by atoms with Crippen LogP contribution < -0.4 is 10.5 Å². The highest BCUT2D eigenvalue weighted by Gasteiger charge is 2.13. The molecule has 0 aliphatic rings. The monoisotopic (exact) mass is 311 g/mol. The first-order valence-corrected chi connectivity index (χ1v) is 8.05. The molecule has 0 aliphatic heterocycles. The van der Waals surface area contributed by atoms with Crippen LogP contribution >= 0.6 is 11.3 Å². The minimum atomic E-state index is -3.68. The van der Waals surface area contributed by atoms with Crippen LogP contribution in [0, 0.1) is 6.92 Å². The van der Waals surface area contributed by atoms with Gasteiger partial charge >= 0.3 is 0 Å². The average molecular weight is 311 g/mol. The predicted octanol–water partition coefficient (Wildman–Crippen LogP) is 1.03. The van der Waals surface area contributed by atoms with Gasteiger partial charge in [0.15, 0.2) is 0 Å². The number of pyridine rings is 1. The van der Waals surface area contributed by atoms with Crippen molar-refractivity contribution in [3.8, 4) is 0 Å². The molecule has 1 amide bonds. The van der Waals surface area contributed by atoms with E-state index in [1.54, 1.807) is 31.3 Å². The molecule has 0 unspecified atom stereocenters. The maximum atomic E-state index is 12.0. The van der Waals surface area contributed by atoms with E-state index in [0.29, 0.717) is 16.1 Å². The first-order chi connectivity index (χ1) is 9.38. The molecule has 0 radical (unpaired) electrons. The topological polar surface area (TPSA) is 102 Å². The second kappa shape index (κ2) is 5.70. The second-order valence-corrected chi connectivity index (χ2v) is 7.04. The molecule has 6 nitrogen and oxygen atoms in total. The standard InChI is InChI=1S/C12H13N3O3S2/c1-8-10(3-2-6-14-8)12(16)15-7-9-4-5-11(19-9)20(13,17)18/h2-6H,7H2,1H3,(H,15,16)(H2,13,17,18). The van der Waals surface area contributed by atoms with Crippen LogP contribution in [0.25, 0.3) is 0 Å². The molecular formula is C12H13N3O3S2. The summed E-state index contributed by atoms with van der Waals surface area (Å²) < 4.78 is 22.4. The van der Waals surface area contributed by atoms with E-state index in [1.165, 1.54) is 6.07 Å².